The summed E-state index contributed by atoms with van der Waals surface area (Å²) in [6.07, 6.45) is 2.75. The standard InChI is InChI=1S/C17H23N3O3S/c1-13(21)20-8-4-14-2-3-15(10-16(14)20)24(22,23)19-9-6-17(12-19)5-7-18-11-17/h2-3,10,18H,4-9,11-12H2,1H3. The topological polar surface area (TPSA) is 69.7 Å². The Morgan fingerprint density at radius 3 is 2.79 bits per heavy atom. The van der Waals surface area contributed by atoms with Gasteiger partial charge in [-0.25, -0.2) is 8.42 Å². The maximum atomic E-state index is 13.1. The van der Waals surface area contributed by atoms with E-state index in [9.17, 15) is 13.2 Å². The van der Waals surface area contributed by atoms with E-state index in [4.69, 9.17) is 0 Å². The maximum Gasteiger partial charge on any atom is 0.243 e. The van der Waals surface area contributed by atoms with Crippen LogP contribution in [0.2, 0.25) is 0 Å². The summed E-state index contributed by atoms with van der Waals surface area (Å²) < 4.78 is 27.7. The van der Waals surface area contributed by atoms with Gasteiger partial charge in [-0.2, -0.15) is 4.31 Å². The fraction of sp³-hybridized carbons (Fsp3) is 0.588. The van der Waals surface area contributed by atoms with Crippen LogP contribution in [0.3, 0.4) is 0 Å². The van der Waals surface area contributed by atoms with Crippen LogP contribution in [0, 0.1) is 5.41 Å². The Morgan fingerprint density at radius 2 is 2.08 bits per heavy atom. The first-order chi connectivity index (χ1) is 11.4. The van der Waals surface area contributed by atoms with E-state index < -0.39 is 10.0 Å². The second kappa shape index (κ2) is 5.54. The summed E-state index contributed by atoms with van der Waals surface area (Å²) in [7, 11) is -3.51. The number of amides is 1. The lowest BCUT2D eigenvalue weighted by molar-refractivity contribution is -0.116. The van der Waals surface area contributed by atoms with Crippen molar-refractivity contribution in [2.45, 2.75) is 31.1 Å². The molecule has 4 rings (SSSR count). The minimum atomic E-state index is -3.51. The van der Waals surface area contributed by atoms with Gasteiger partial charge in [0.15, 0.2) is 0 Å². The smallest absolute Gasteiger partial charge is 0.243 e. The molecule has 0 saturated carbocycles. The Balaban J connectivity index is 1.64. The summed E-state index contributed by atoms with van der Waals surface area (Å²) >= 11 is 0. The van der Waals surface area contributed by atoms with E-state index in [0.29, 0.717) is 24.5 Å². The number of anilines is 1. The number of carbonyl (C=O) groups excluding carboxylic acids is 1. The molecule has 1 aromatic rings. The maximum absolute atomic E-state index is 13.1. The van der Waals surface area contributed by atoms with Crippen molar-refractivity contribution < 1.29 is 13.2 Å². The Morgan fingerprint density at radius 1 is 1.25 bits per heavy atom. The van der Waals surface area contributed by atoms with Gasteiger partial charge in [0.2, 0.25) is 15.9 Å². The zero-order valence-corrected chi connectivity index (χ0v) is 14.7. The number of nitrogens with one attached hydrogen (secondary N) is 1. The lowest BCUT2D eigenvalue weighted by Crippen LogP contribution is -2.33. The molecular formula is C17H23N3O3S. The highest BCUT2D eigenvalue weighted by Gasteiger charge is 2.44. The van der Waals surface area contributed by atoms with Crippen LogP contribution in [0.15, 0.2) is 23.1 Å². The van der Waals surface area contributed by atoms with Gasteiger partial charge in [0.1, 0.15) is 0 Å². The van der Waals surface area contributed by atoms with Crippen molar-refractivity contribution >= 4 is 21.6 Å². The van der Waals surface area contributed by atoms with Crippen molar-refractivity contribution in [2.75, 3.05) is 37.6 Å². The number of benzene rings is 1. The van der Waals surface area contributed by atoms with Crippen LogP contribution in [-0.4, -0.2) is 51.4 Å². The molecule has 3 aliphatic rings. The van der Waals surface area contributed by atoms with Gasteiger partial charge in [-0.05, 0) is 48.9 Å². The number of carbonyl (C=O) groups is 1. The van der Waals surface area contributed by atoms with Gasteiger partial charge < -0.3 is 10.2 Å². The Kier molecular flexibility index (Phi) is 3.71. The predicted octanol–water partition coefficient (Wildman–Crippen LogP) is 0.970. The summed E-state index contributed by atoms with van der Waals surface area (Å²) in [4.78, 5) is 13.7. The molecular weight excluding hydrogens is 326 g/mol. The molecule has 2 fully saturated rings. The number of hydrogen-bond acceptors (Lipinski definition) is 4. The van der Waals surface area contributed by atoms with Crippen LogP contribution >= 0.6 is 0 Å². The molecule has 1 spiro atoms. The third kappa shape index (κ3) is 2.46. The lowest BCUT2D eigenvalue weighted by atomic mass is 9.87. The average molecular weight is 349 g/mol. The quantitative estimate of drug-likeness (QED) is 0.864. The highest BCUT2D eigenvalue weighted by atomic mass is 32.2. The van der Waals surface area contributed by atoms with Crippen molar-refractivity contribution in [3.63, 3.8) is 0 Å². The van der Waals surface area contributed by atoms with E-state index in [1.165, 1.54) is 6.92 Å². The molecule has 1 aromatic carbocycles. The summed E-state index contributed by atoms with van der Waals surface area (Å²) in [5.74, 6) is -0.0412. The minimum Gasteiger partial charge on any atom is -0.316 e. The molecule has 3 heterocycles. The number of sulfonamides is 1. The highest BCUT2D eigenvalue weighted by molar-refractivity contribution is 7.89. The van der Waals surface area contributed by atoms with Gasteiger partial charge in [-0.1, -0.05) is 6.07 Å². The molecule has 1 amide bonds. The largest absolute Gasteiger partial charge is 0.316 e. The minimum absolute atomic E-state index is 0.0412. The second-order valence-corrected chi connectivity index (χ2v) is 9.16. The second-order valence-electron chi connectivity index (χ2n) is 7.23. The van der Waals surface area contributed by atoms with Crippen LogP contribution in [-0.2, 0) is 21.2 Å². The molecule has 130 valence electrons. The van der Waals surface area contributed by atoms with Crippen molar-refractivity contribution in [1.82, 2.24) is 9.62 Å². The zero-order valence-electron chi connectivity index (χ0n) is 13.9. The van der Waals surface area contributed by atoms with E-state index in [-0.39, 0.29) is 11.3 Å². The van der Waals surface area contributed by atoms with Crippen molar-refractivity contribution in [1.29, 1.82) is 0 Å². The molecule has 3 aliphatic heterocycles. The third-order valence-corrected chi connectivity index (χ3v) is 7.55. The molecule has 0 aromatic heterocycles. The van der Waals surface area contributed by atoms with Crippen molar-refractivity contribution in [3.05, 3.63) is 23.8 Å². The lowest BCUT2D eigenvalue weighted by Gasteiger charge is -2.23. The van der Waals surface area contributed by atoms with Gasteiger partial charge in [0.25, 0.3) is 0 Å². The molecule has 6 nitrogen and oxygen atoms in total. The van der Waals surface area contributed by atoms with Crippen LogP contribution in [0.25, 0.3) is 0 Å². The fourth-order valence-electron chi connectivity index (χ4n) is 4.24. The Hall–Kier alpha value is -1.44. The number of nitrogens with zero attached hydrogens (tertiary/aromatic N) is 2. The molecule has 0 aliphatic carbocycles. The zero-order chi connectivity index (χ0) is 16.9. The van der Waals surface area contributed by atoms with Gasteiger partial charge in [-0.3, -0.25) is 4.79 Å². The average Bonchev–Trinajstić information content (AvgIpc) is 3.27. The summed E-state index contributed by atoms with van der Waals surface area (Å²) in [6, 6.07) is 5.22. The normalized spacial score (nSPS) is 27.1. The first kappa shape index (κ1) is 16.1. The fourth-order valence-corrected chi connectivity index (χ4v) is 5.81. The molecule has 7 heteroatoms. The van der Waals surface area contributed by atoms with E-state index in [2.05, 4.69) is 5.32 Å². The predicted molar refractivity (Wildman–Crippen MR) is 91.5 cm³/mol. The Bertz CT molecular complexity index is 784. The van der Waals surface area contributed by atoms with Crippen molar-refractivity contribution in [3.8, 4) is 0 Å². The molecule has 0 radical (unpaired) electrons. The summed E-state index contributed by atoms with van der Waals surface area (Å²) in [5, 5.41) is 3.35. The first-order valence-corrected chi connectivity index (χ1v) is 9.97. The Labute approximate surface area is 142 Å². The van der Waals surface area contributed by atoms with Crippen LogP contribution in [0.5, 0.6) is 0 Å². The van der Waals surface area contributed by atoms with E-state index in [1.54, 1.807) is 21.3 Å². The van der Waals surface area contributed by atoms with E-state index in [1.807, 2.05) is 6.07 Å². The molecule has 24 heavy (non-hydrogen) atoms. The number of fused-ring (bicyclic) bond motifs is 1. The first-order valence-electron chi connectivity index (χ1n) is 8.53. The van der Waals surface area contributed by atoms with Gasteiger partial charge in [-0.15, -0.1) is 0 Å². The van der Waals surface area contributed by atoms with Gasteiger partial charge in [0, 0.05) is 38.8 Å². The third-order valence-electron chi connectivity index (χ3n) is 5.71. The SMILES string of the molecule is CC(=O)N1CCc2ccc(S(=O)(=O)N3CCC4(CCNC4)C3)cc21. The van der Waals surface area contributed by atoms with E-state index in [0.717, 1.165) is 43.6 Å². The molecule has 1 unspecified atom stereocenters. The van der Waals surface area contributed by atoms with Gasteiger partial charge >= 0.3 is 0 Å². The summed E-state index contributed by atoms with van der Waals surface area (Å²) in [5.41, 5.74) is 1.90. The van der Waals surface area contributed by atoms with Gasteiger partial charge in [0.05, 0.1) is 4.90 Å². The molecule has 2 saturated heterocycles. The molecule has 1 atom stereocenters. The van der Waals surface area contributed by atoms with Crippen LogP contribution in [0.1, 0.15) is 25.3 Å². The monoisotopic (exact) mass is 349 g/mol. The molecule has 1 N–H and O–H groups in total. The highest BCUT2D eigenvalue weighted by Crippen LogP contribution is 2.39. The van der Waals surface area contributed by atoms with E-state index >= 15 is 0 Å². The van der Waals surface area contributed by atoms with Crippen LogP contribution in [0.4, 0.5) is 5.69 Å². The number of hydrogen-bond donors (Lipinski definition) is 1. The van der Waals surface area contributed by atoms with Crippen LogP contribution < -0.4 is 10.2 Å². The molecule has 0 bridgehead atoms. The van der Waals surface area contributed by atoms with Crippen molar-refractivity contribution in [2.24, 2.45) is 5.41 Å². The summed E-state index contributed by atoms with van der Waals surface area (Å²) in [6.45, 7) is 5.20. The number of rotatable bonds is 2.